The fourth-order valence-corrected chi connectivity index (χ4v) is 10.9. The zero-order chi connectivity index (χ0) is 40.6. The number of nitrogens with two attached hydrogens (primary N) is 2. The monoisotopic (exact) mass is 745 g/mol. The van der Waals surface area contributed by atoms with Crippen molar-refractivity contribution in [3.63, 3.8) is 0 Å². The number of hydrogen-bond donors (Lipinski definition) is 3. The summed E-state index contributed by atoms with van der Waals surface area (Å²) in [6.45, 7) is 25.5. The van der Waals surface area contributed by atoms with Crippen LogP contribution in [0.4, 0.5) is 0 Å². The van der Waals surface area contributed by atoms with Crippen LogP contribution in [0.5, 0.6) is 0 Å². The van der Waals surface area contributed by atoms with E-state index < -0.39 is 29.4 Å². The molecule has 0 aromatic carbocycles. The molecule has 5 saturated carbocycles. The van der Waals surface area contributed by atoms with Gasteiger partial charge in [0.15, 0.2) is 0 Å². The summed E-state index contributed by atoms with van der Waals surface area (Å²) < 4.78 is 0. The Morgan fingerprint density at radius 1 is 0.849 bits per heavy atom. The summed E-state index contributed by atoms with van der Waals surface area (Å²) in [5, 5.41) is 3.00. The molecule has 6 aliphatic rings. The third-order valence-electron chi connectivity index (χ3n) is 14.6. The molecule has 3 amide bonds. The topological polar surface area (TPSA) is 153 Å². The standard InChI is InChI=1S/C26H44N4O3.C13H22O.2C2H6.CH2O/c1-23(2,3)19(29-21(32)18(27)16-10-7-6-8-11-16)22(33)30-15-26(14-17(30)20(28)31)24(4,5)25(26)12-9-13-25;1-3-10-8-11(10)12(14)9-13(2)6-4-5-7-13;3*1-2/h16-19H,6-15,27H2,1-5H3,(H2,28,31)(H,29,32);10-11H,3-9H2,1-2H3;2*1-2H3;1H2/t17?,18?,19-,26-;;;;/m1..../s1. The highest BCUT2D eigenvalue weighted by Gasteiger charge is 2.85. The first-order valence-electron chi connectivity index (χ1n) is 21.4. The average Bonchev–Trinajstić information content (AvgIpc) is 3.81. The normalized spacial score (nSPS) is 29.5. The molecule has 1 saturated heterocycles. The van der Waals surface area contributed by atoms with Crippen molar-refractivity contribution in [1.29, 1.82) is 0 Å². The molecule has 0 radical (unpaired) electrons. The van der Waals surface area contributed by atoms with E-state index in [0.717, 1.165) is 50.9 Å². The van der Waals surface area contributed by atoms with E-state index in [2.05, 4.69) is 33.0 Å². The van der Waals surface area contributed by atoms with Crippen molar-refractivity contribution in [2.45, 2.75) is 197 Å². The number of hydrogen-bond acceptors (Lipinski definition) is 6. The zero-order valence-electron chi connectivity index (χ0n) is 35.8. The fourth-order valence-electron chi connectivity index (χ4n) is 10.9. The molecule has 6 atom stereocenters. The summed E-state index contributed by atoms with van der Waals surface area (Å²) in [6, 6.07) is -1.98. The van der Waals surface area contributed by atoms with E-state index in [0.29, 0.717) is 30.1 Å². The largest absolute Gasteiger partial charge is 0.368 e. The van der Waals surface area contributed by atoms with Crippen LogP contribution in [0.1, 0.15) is 179 Å². The minimum atomic E-state index is -0.754. The third kappa shape index (κ3) is 9.57. The van der Waals surface area contributed by atoms with Gasteiger partial charge in [-0.1, -0.05) is 121 Å². The maximum atomic E-state index is 13.9. The number of ketones is 1. The van der Waals surface area contributed by atoms with Gasteiger partial charge in [-0.3, -0.25) is 19.2 Å². The molecule has 2 spiro atoms. The first-order valence-corrected chi connectivity index (χ1v) is 21.4. The summed E-state index contributed by atoms with van der Waals surface area (Å²) in [7, 11) is 0. The molecule has 5 aliphatic carbocycles. The summed E-state index contributed by atoms with van der Waals surface area (Å²) in [4.78, 5) is 61.2. The summed E-state index contributed by atoms with van der Waals surface area (Å²) in [5.74, 6) is 1.02. The van der Waals surface area contributed by atoms with E-state index >= 15 is 0 Å². The van der Waals surface area contributed by atoms with E-state index in [-0.39, 0.29) is 34.0 Å². The Morgan fingerprint density at radius 2 is 1.40 bits per heavy atom. The van der Waals surface area contributed by atoms with E-state index in [1.807, 2.05) is 55.3 Å². The van der Waals surface area contributed by atoms with Gasteiger partial charge in [0, 0.05) is 24.3 Å². The molecule has 9 heteroatoms. The highest BCUT2D eigenvalue weighted by Crippen LogP contribution is 2.88. The van der Waals surface area contributed by atoms with Gasteiger partial charge in [0.05, 0.1) is 6.04 Å². The Hall–Kier alpha value is -2.29. The third-order valence-corrected chi connectivity index (χ3v) is 14.6. The number of amides is 3. The van der Waals surface area contributed by atoms with Crippen LogP contribution in [-0.2, 0) is 24.0 Å². The van der Waals surface area contributed by atoms with Gasteiger partial charge in [0.2, 0.25) is 17.7 Å². The lowest BCUT2D eigenvalue weighted by molar-refractivity contribution is -0.143. The molecule has 6 fully saturated rings. The van der Waals surface area contributed by atoms with Gasteiger partial charge >= 0.3 is 0 Å². The van der Waals surface area contributed by atoms with E-state index in [4.69, 9.17) is 16.3 Å². The number of nitrogens with zero attached hydrogens (tertiary/aromatic N) is 1. The molecule has 6 rings (SSSR count). The molecule has 9 nitrogen and oxygen atoms in total. The van der Waals surface area contributed by atoms with Crippen LogP contribution in [-0.4, -0.2) is 59.9 Å². The molecule has 1 aliphatic heterocycles. The number of primary amides is 1. The predicted molar refractivity (Wildman–Crippen MR) is 216 cm³/mol. The fraction of sp³-hybridized carbons (Fsp3) is 0.886. The van der Waals surface area contributed by atoms with Gasteiger partial charge in [-0.25, -0.2) is 0 Å². The van der Waals surface area contributed by atoms with Crippen molar-refractivity contribution in [3.8, 4) is 0 Å². The van der Waals surface area contributed by atoms with Crippen molar-refractivity contribution in [2.24, 2.45) is 56.3 Å². The van der Waals surface area contributed by atoms with Gasteiger partial charge < -0.3 is 26.5 Å². The minimum absolute atomic E-state index is 0.0570. The Balaban J connectivity index is 0.000000404. The second-order valence-corrected chi connectivity index (χ2v) is 18.6. The van der Waals surface area contributed by atoms with Crippen LogP contribution in [0.15, 0.2) is 0 Å². The van der Waals surface area contributed by atoms with Crippen LogP contribution in [0.2, 0.25) is 0 Å². The Labute approximate surface area is 323 Å². The van der Waals surface area contributed by atoms with E-state index in [1.165, 1.54) is 51.4 Å². The number of rotatable bonds is 9. The highest BCUT2D eigenvalue weighted by atomic mass is 16.2. The molecule has 1 heterocycles. The number of carbonyl (C=O) groups is 5. The minimum Gasteiger partial charge on any atom is -0.368 e. The molecule has 306 valence electrons. The van der Waals surface area contributed by atoms with Gasteiger partial charge in [-0.05, 0) is 84.9 Å². The highest BCUT2D eigenvalue weighted by molar-refractivity contribution is 5.94. The van der Waals surface area contributed by atoms with Crippen molar-refractivity contribution in [1.82, 2.24) is 10.2 Å². The number of Topliss-reactive ketones (excluding diaryl/α,β-unsaturated/α-hetero) is 1. The van der Waals surface area contributed by atoms with E-state index in [1.54, 1.807) is 4.90 Å². The first kappa shape index (κ1) is 46.9. The second-order valence-electron chi connectivity index (χ2n) is 18.6. The summed E-state index contributed by atoms with van der Waals surface area (Å²) in [5.41, 5.74) is 12.3. The Bertz CT molecular complexity index is 1230. The first-order chi connectivity index (χ1) is 24.9. The van der Waals surface area contributed by atoms with Crippen molar-refractivity contribution in [2.75, 3.05) is 6.54 Å². The number of nitrogens with one attached hydrogen (secondary N) is 1. The Kier molecular flexibility index (Phi) is 16.8. The molecule has 0 aromatic heterocycles. The average molecular weight is 745 g/mol. The van der Waals surface area contributed by atoms with Gasteiger partial charge in [-0.2, -0.15) is 0 Å². The van der Waals surface area contributed by atoms with Crippen LogP contribution < -0.4 is 16.8 Å². The maximum absolute atomic E-state index is 13.9. The quantitative estimate of drug-likeness (QED) is 0.217. The number of carbonyl (C=O) groups excluding carboxylic acids is 5. The molecular weight excluding hydrogens is 665 g/mol. The molecule has 0 aromatic rings. The van der Waals surface area contributed by atoms with E-state index in [9.17, 15) is 19.2 Å². The number of likely N-dealkylation sites (tertiary alicyclic amines) is 1. The van der Waals surface area contributed by atoms with Crippen LogP contribution in [0.3, 0.4) is 0 Å². The summed E-state index contributed by atoms with van der Waals surface area (Å²) >= 11 is 0. The van der Waals surface area contributed by atoms with Gasteiger partial charge in [0.25, 0.3) is 0 Å². The summed E-state index contributed by atoms with van der Waals surface area (Å²) in [6.07, 6.45) is 17.9. The lowest BCUT2D eigenvalue weighted by atomic mass is 9.73. The smallest absolute Gasteiger partial charge is 0.246 e. The molecule has 4 unspecified atom stereocenters. The Morgan fingerprint density at radius 3 is 1.81 bits per heavy atom. The predicted octanol–water partition coefficient (Wildman–Crippen LogP) is 8.15. The maximum Gasteiger partial charge on any atom is 0.246 e. The zero-order valence-corrected chi connectivity index (χ0v) is 35.8. The molecule has 0 bridgehead atoms. The number of fused-ring (bicyclic) bond motifs is 1. The van der Waals surface area contributed by atoms with Crippen molar-refractivity contribution in [3.05, 3.63) is 0 Å². The van der Waals surface area contributed by atoms with Gasteiger partial charge in [-0.15, -0.1) is 0 Å². The van der Waals surface area contributed by atoms with Crippen LogP contribution in [0, 0.1) is 44.8 Å². The lowest BCUT2D eigenvalue weighted by Crippen LogP contribution is -2.60. The van der Waals surface area contributed by atoms with Gasteiger partial charge in [0.1, 0.15) is 24.7 Å². The second kappa shape index (κ2) is 19.0. The van der Waals surface area contributed by atoms with Crippen LogP contribution >= 0.6 is 0 Å². The van der Waals surface area contributed by atoms with Crippen molar-refractivity contribution < 1.29 is 24.0 Å². The molecule has 5 N–H and O–H groups in total. The SMILES string of the molecule is C=O.CC.CC.CC(C)(C)[C@H](NC(=O)C(N)C1CCCCC1)C(=O)N1C[C@]2(CC1C(N)=O)C(C)(C)C21CCC1.CCC1CC1C(=O)CC1(C)CCCC1. The lowest BCUT2D eigenvalue weighted by Gasteiger charge is -2.37. The van der Waals surface area contributed by atoms with Crippen molar-refractivity contribution >= 4 is 30.3 Å². The molecular formula is C44H80N4O5. The molecule has 53 heavy (non-hydrogen) atoms. The van der Waals surface area contributed by atoms with Crippen LogP contribution in [0.25, 0.3) is 0 Å².